The number of rotatable bonds is 6. The van der Waals surface area contributed by atoms with E-state index in [9.17, 15) is 9.59 Å². The van der Waals surface area contributed by atoms with Crippen molar-refractivity contribution in [1.82, 2.24) is 10.3 Å². The van der Waals surface area contributed by atoms with E-state index in [2.05, 4.69) is 22.4 Å². The van der Waals surface area contributed by atoms with Gasteiger partial charge in [0, 0.05) is 18.3 Å². The lowest BCUT2D eigenvalue weighted by Crippen LogP contribution is -2.39. The van der Waals surface area contributed by atoms with Gasteiger partial charge in [-0.25, -0.2) is 4.79 Å². The van der Waals surface area contributed by atoms with E-state index < -0.39 is 17.6 Å². The van der Waals surface area contributed by atoms with Crippen LogP contribution in [0.5, 0.6) is 0 Å². The number of carbonyl (C=O) groups is 2. The lowest BCUT2D eigenvalue weighted by atomic mass is 10.2. The normalized spacial score (nSPS) is 10.8. The molecule has 26 heavy (non-hydrogen) atoms. The SMILES string of the molecule is CC(C)(C)OC(=O)CNC(=O)N(C#CCCCCl)/N=C/c1ccccc1. The van der Waals surface area contributed by atoms with Gasteiger partial charge in [0.2, 0.25) is 0 Å². The molecule has 0 unspecified atom stereocenters. The number of hydrogen-bond acceptors (Lipinski definition) is 4. The lowest BCUT2D eigenvalue weighted by molar-refractivity contribution is -0.153. The number of benzene rings is 1. The summed E-state index contributed by atoms with van der Waals surface area (Å²) in [6.45, 7) is 5.00. The monoisotopic (exact) mass is 377 g/mol. The van der Waals surface area contributed by atoms with Crippen molar-refractivity contribution in [1.29, 1.82) is 0 Å². The van der Waals surface area contributed by atoms with E-state index in [1.807, 2.05) is 30.3 Å². The number of amides is 2. The van der Waals surface area contributed by atoms with Crippen LogP contribution >= 0.6 is 11.6 Å². The van der Waals surface area contributed by atoms with E-state index in [1.165, 1.54) is 6.21 Å². The maximum absolute atomic E-state index is 12.3. The first-order valence-corrected chi connectivity index (χ1v) is 8.78. The molecule has 140 valence electrons. The molecule has 0 radical (unpaired) electrons. The number of carbonyl (C=O) groups excluding carboxylic acids is 2. The summed E-state index contributed by atoms with van der Waals surface area (Å²) < 4.78 is 5.15. The molecular weight excluding hydrogens is 354 g/mol. The summed E-state index contributed by atoms with van der Waals surface area (Å²) in [6, 6.07) is 11.4. The minimum absolute atomic E-state index is 0.267. The Morgan fingerprint density at radius 2 is 2.00 bits per heavy atom. The number of unbranched alkanes of at least 4 members (excludes halogenated alkanes) is 1. The fourth-order valence-corrected chi connectivity index (χ4v) is 1.82. The molecule has 2 amide bonds. The van der Waals surface area contributed by atoms with Gasteiger partial charge in [0.05, 0.1) is 6.21 Å². The maximum Gasteiger partial charge on any atom is 0.350 e. The molecule has 0 heterocycles. The van der Waals surface area contributed by atoms with Crippen LogP contribution in [0.25, 0.3) is 0 Å². The number of nitrogens with zero attached hydrogens (tertiary/aromatic N) is 2. The molecule has 0 saturated heterocycles. The van der Waals surface area contributed by atoms with Gasteiger partial charge in [-0.2, -0.15) is 5.10 Å². The van der Waals surface area contributed by atoms with Crippen molar-refractivity contribution in [2.75, 3.05) is 12.4 Å². The predicted octanol–water partition coefficient (Wildman–Crippen LogP) is 3.35. The molecule has 1 aromatic rings. The fraction of sp³-hybridized carbons (Fsp3) is 0.421. The van der Waals surface area contributed by atoms with E-state index in [0.29, 0.717) is 18.7 Å². The first kappa shape index (κ1) is 21.5. The molecular formula is C19H24ClN3O3. The number of hydrogen-bond donors (Lipinski definition) is 1. The second-order valence-electron chi connectivity index (χ2n) is 6.29. The van der Waals surface area contributed by atoms with Gasteiger partial charge >= 0.3 is 12.0 Å². The Morgan fingerprint density at radius 3 is 2.62 bits per heavy atom. The third kappa shape index (κ3) is 9.70. The van der Waals surface area contributed by atoms with Crippen LogP contribution in [0.4, 0.5) is 4.79 Å². The Labute approximate surface area is 159 Å². The summed E-state index contributed by atoms with van der Waals surface area (Å²) >= 11 is 5.62. The molecule has 0 aromatic heterocycles. The van der Waals surface area contributed by atoms with Crippen molar-refractivity contribution in [2.24, 2.45) is 5.10 Å². The summed E-state index contributed by atoms with van der Waals surface area (Å²) in [7, 11) is 0. The molecule has 6 nitrogen and oxygen atoms in total. The second kappa shape index (κ2) is 11.2. The van der Waals surface area contributed by atoms with Crippen LogP contribution in [0.15, 0.2) is 35.4 Å². The third-order valence-electron chi connectivity index (χ3n) is 2.74. The highest BCUT2D eigenvalue weighted by Gasteiger charge is 2.18. The van der Waals surface area contributed by atoms with E-state index >= 15 is 0 Å². The maximum atomic E-state index is 12.3. The second-order valence-corrected chi connectivity index (χ2v) is 6.67. The van der Waals surface area contributed by atoms with Crippen LogP contribution in [0.3, 0.4) is 0 Å². The highest BCUT2D eigenvalue weighted by molar-refractivity contribution is 6.17. The Kier molecular flexibility index (Phi) is 9.24. The van der Waals surface area contributed by atoms with Crippen molar-refractivity contribution in [3.05, 3.63) is 35.9 Å². The average molecular weight is 378 g/mol. The van der Waals surface area contributed by atoms with Gasteiger partial charge in [0.15, 0.2) is 0 Å². The molecule has 7 heteroatoms. The standard InChI is InChI=1S/C19H24ClN3O3/c1-19(2,3)26-17(24)15-21-18(25)23(13-9-5-8-12-20)22-14-16-10-6-4-7-11-16/h4,6-7,10-11,14H,5,8,12,15H2,1-3H3,(H,21,25)/b22-14+. The largest absolute Gasteiger partial charge is 0.459 e. The van der Waals surface area contributed by atoms with Crippen molar-refractivity contribution in [3.8, 4) is 12.0 Å². The van der Waals surface area contributed by atoms with Gasteiger partial charge in [-0.3, -0.25) is 4.79 Å². The first-order chi connectivity index (χ1) is 12.3. The highest BCUT2D eigenvalue weighted by Crippen LogP contribution is 2.06. The van der Waals surface area contributed by atoms with E-state index in [4.69, 9.17) is 16.3 Å². The van der Waals surface area contributed by atoms with Gasteiger partial charge in [0.1, 0.15) is 12.1 Å². The van der Waals surface area contributed by atoms with Gasteiger partial charge < -0.3 is 10.1 Å². The van der Waals surface area contributed by atoms with E-state index in [0.717, 1.165) is 10.6 Å². The Morgan fingerprint density at radius 1 is 1.31 bits per heavy atom. The number of nitrogens with one attached hydrogen (secondary N) is 1. The minimum Gasteiger partial charge on any atom is -0.459 e. The molecule has 0 bridgehead atoms. The minimum atomic E-state index is -0.617. The van der Waals surface area contributed by atoms with Crippen molar-refractivity contribution in [2.45, 2.75) is 39.2 Å². The third-order valence-corrected chi connectivity index (χ3v) is 3.01. The molecule has 0 atom stereocenters. The topological polar surface area (TPSA) is 71.0 Å². The summed E-state index contributed by atoms with van der Waals surface area (Å²) in [5.74, 6) is 2.79. The fourth-order valence-electron chi connectivity index (χ4n) is 1.68. The molecule has 0 aliphatic heterocycles. The van der Waals surface area contributed by atoms with Gasteiger partial charge in [0.25, 0.3) is 0 Å². The van der Waals surface area contributed by atoms with Gasteiger partial charge in [-0.05, 0) is 32.8 Å². The molecule has 0 saturated carbocycles. The first-order valence-electron chi connectivity index (χ1n) is 8.25. The summed E-state index contributed by atoms with van der Waals surface area (Å²) in [6.07, 6.45) is 2.77. The predicted molar refractivity (Wildman–Crippen MR) is 103 cm³/mol. The van der Waals surface area contributed by atoms with Crippen LogP contribution in [0.2, 0.25) is 0 Å². The van der Waals surface area contributed by atoms with Gasteiger partial charge in [-0.1, -0.05) is 36.3 Å². The number of esters is 1. The zero-order valence-corrected chi connectivity index (χ0v) is 16.0. The molecule has 1 N–H and O–H groups in total. The number of alkyl halides is 1. The average Bonchev–Trinajstić information content (AvgIpc) is 2.58. The number of urea groups is 1. The van der Waals surface area contributed by atoms with Crippen LogP contribution in [-0.2, 0) is 9.53 Å². The van der Waals surface area contributed by atoms with Crippen LogP contribution in [0.1, 0.15) is 39.2 Å². The quantitative estimate of drug-likeness (QED) is 0.157. The summed E-state index contributed by atoms with van der Waals surface area (Å²) in [4.78, 5) is 24.0. The Bertz CT molecular complexity index is 673. The van der Waals surface area contributed by atoms with Crippen molar-refractivity contribution in [3.63, 3.8) is 0 Å². The van der Waals surface area contributed by atoms with Crippen LogP contribution in [0, 0.1) is 12.0 Å². The molecule has 1 rings (SSSR count). The Hall–Kier alpha value is -2.52. The summed E-state index contributed by atoms with van der Waals surface area (Å²) in [5, 5.41) is 7.50. The smallest absolute Gasteiger partial charge is 0.350 e. The zero-order valence-electron chi connectivity index (χ0n) is 15.3. The molecule has 0 aliphatic rings. The van der Waals surface area contributed by atoms with Gasteiger partial charge in [-0.15, -0.1) is 16.6 Å². The Balaban J connectivity index is 2.73. The molecule has 0 fully saturated rings. The van der Waals surface area contributed by atoms with E-state index in [-0.39, 0.29) is 6.54 Å². The van der Waals surface area contributed by atoms with Crippen molar-refractivity contribution >= 4 is 29.8 Å². The van der Waals surface area contributed by atoms with E-state index in [1.54, 1.807) is 20.8 Å². The molecule has 1 aromatic carbocycles. The lowest BCUT2D eigenvalue weighted by Gasteiger charge is -2.19. The van der Waals surface area contributed by atoms with Crippen molar-refractivity contribution < 1.29 is 14.3 Å². The number of halogens is 1. The molecule has 0 spiro atoms. The number of hydrazone groups is 1. The zero-order chi connectivity index (χ0) is 19.4. The summed E-state index contributed by atoms with van der Waals surface area (Å²) in [5.41, 5.74) is 0.203. The highest BCUT2D eigenvalue weighted by atomic mass is 35.5. The molecule has 0 aliphatic carbocycles. The van der Waals surface area contributed by atoms with Crippen LogP contribution < -0.4 is 5.32 Å². The van der Waals surface area contributed by atoms with Crippen LogP contribution in [-0.4, -0.2) is 41.2 Å². The number of ether oxygens (including phenoxy) is 1.